The van der Waals surface area contributed by atoms with Gasteiger partial charge < -0.3 is 14.8 Å². The Bertz CT molecular complexity index is 1120. The van der Waals surface area contributed by atoms with Crippen LogP contribution >= 0.6 is 0 Å². The fraction of sp³-hybridized carbons (Fsp3) is 0.0800. The zero-order valence-electron chi connectivity index (χ0n) is 16.9. The van der Waals surface area contributed by atoms with Gasteiger partial charge in [0, 0.05) is 18.1 Å². The minimum Gasteiger partial charge on any atom is -0.481 e. The molecule has 1 N–H and O–H groups in total. The van der Waals surface area contributed by atoms with Crippen LogP contribution in [-0.4, -0.2) is 22.0 Å². The van der Waals surface area contributed by atoms with E-state index in [4.69, 9.17) is 9.47 Å². The fourth-order valence-corrected chi connectivity index (χ4v) is 2.91. The zero-order chi connectivity index (χ0) is 21.5. The molecule has 0 aliphatic rings. The maximum absolute atomic E-state index is 12.5. The fourth-order valence-electron chi connectivity index (χ4n) is 2.91. The van der Waals surface area contributed by atoms with Crippen molar-refractivity contribution in [2.45, 2.75) is 13.0 Å². The van der Waals surface area contributed by atoms with Crippen LogP contribution in [-0.2, 0) is 4.79 Å². The predicted octanol–water partition coefficient (Wildman–Crippen LogP) is 5.34. The van der Waals surface area contributed by atoms with Crippen molar-refractivity contribution in [3.05, 3.63) is 97.3 Å². The molecule has 0 bridgehead atoms. The monoisotopic (exact) mass is 411 g/mol. The largest absolute Gasteiger partial charge is 0.481 e. The molecule has 0 aliphatic carbocycles. The van der Waals surface area contributed by atoms with Crippen LogP contribution < -0.4 is 14.8 Å². The standard InChI is InChI=1S/C25H21N3O3/c1-18(30-22-12-8-20(9-13-22)19-6-3-2-4-7-19)24(29)28-21-10-14-23(15-11-21)31-25-26-16-5-17-27-25/h2-18H,1H3,(H,28,29). The Morgan fingerprint density at radius 1 is 0.774 bits per heavy atom. The van der Waals surface area contributed by atoms with Gasteiger partial charge >= 0.3 is 6.01 Å². The number of benzene rings is 3. The second-order valence-corrected chi connectivity index (χ2v) is 6.80. The van der Waals surface area contributed by atoms with Crippen molar-refractivity contribution >= 4 is 11.6 Å². The molecule has 0 saturated carbocycles. The van der Waals surface area contributed by atoms with E-state index < -0.39 is 6.10 Å². The first-order valence-electron chi connectivity index (χ1n) is 9.85. The highest BCUT2D eigenvalue weighted by molar-refractivity contribution is 5.94. The first kappa shape index (κ1) is 20.1. The third kappa shape index (κ3) is 5.45. The summed E-state index contributed by atoms with van der Waals surface area (Å²) in [5.41, 5.74) is 2.86. The van der Waals surface area contributed by atoms with E-state index >= 15 is 0 Å². The summed E-state index contributed by atoms with van der Waals surface area (Å²) in [6.45, 7) is 1.71. The molecular formula is C25H21N3O3. The van der Waals surface area contributed by atoms with Crippen LogP contribution in [0.15, 0.2) is 97.3 Å². The van der Waals surface area contributed by atoms with Gasteiger partial charge in [0.15, 0.2) is 6.10 Å². The van der Waals surface area contributed by atoms with Crippen LogP contribution in [0.5, 0.6) is 17.5 Å². The average Bonchev–Trinajstić information content (AvgIpc) is 2.82. The van der Waals surface area contributed by atoms with E-state index in [-0.39, 0.29) is 11.9 Å². The highest BCUT2D eigenvalue weighted by atomic mass is 16.5. The summed E-state index contributed by atoms with van der Waals surface area (Å²) < 4.78 is 11.3. The van der Waals surface area contributed by atoms with E-state index in [9.17, 15) is 4.79 Å². The maximum Gasteiger partial charge on any atom is 0.321 e. The summed E-state index contributed by atoms with van der Waals surface area (Å²) in [6.07, 6.45) is 2.55. The summed E-state index contributed by atoms with van der Waals surface area (Å²) in [7, 11) is 0. The van der Waals surface area contributed by atoms with Gasteiger partial charge in [-0.1, -0.05) is 42.5 Å². The van der Waals surface area contributed by atoms with Crippen molar-refractivity contribution in [3.63, 3.8) is 0 Å². The first-order valence-corrected chi connectivity index (χ1v) is 9.85. The molecule has 1 atom stereocenters. The Balaban J connectivity index is 1.32. The minimum absolute atomic E-state index is 0.243. The lowest BCUT2D eigenvalue weighted by molar-refractivity contribution is -0.122. The maximum atomic E-state index is 12.5. The number of carbonyl (C=O) groups is 1. The number of anilines is 1. The Kier molecular flexibility index (Phi) is 6.18. The number of hydrogen-bond donors (Lipinski definition) is 1. The molecule has 154 valence electrons. The van der Waals surface area contributed by atoms with E-state index in [0.717, 1.165) is 11.1 Å². The molecule has 4 rings (SSSR count). The zero-order valence-corrected chi connectivity index (χ0v) is 16.9. The van der Waals surface area contributed by atoms with Gasteiger partial charge in [-0.15, -0.1) is 0 Å². The first-order chi connectivity index (χ1) is 15.2. The number of nitrogens with zero attached hydrogens (tertiary/aromatic N) is 2. The molecule has 1 aromatic heterocycles. The van der Waals surface area contributed by atoms with E-state index in [1.54, 1.807) is 49.6 Å². The number of hydrogen-bond acceptors (Lipinski definition) is 5. The summed E-state index contributed by atoms with van der Waals surface area (Å²) in [5.74, 6) is 0.966. The summed E-state index contributed by atoms with van der Waals surface area (Å²) in [6, 6.07) is 26.7. The number of rotatable bonds is 7. The van der Waals surface area contributed by atoms with Crippen molar-refractivity contribution in [2.24, 2.45) is 0 Å². The number of aromatic nitrogens is 2. The quantitative estimate of drug-likeness (QED) is 0.444. The molecule has 1 amide bonds. The molecule has 0 spiro atoms. The lowest BCUT2D eigenvalue weighted by Gasteiger charge is -2.15. The van der Waals surface area contributed by atoms with Gasteiger partial charge in [0.25, 0.3) is 5.91 Å². The van der Waals surface area contributed by atoms with Crippen LogP contribution in [0.2, 0.25) is 0 Å². The van der Waals surface area contributed by atoms with Crippen LogP contribution in [0.25, 0.3) is 11.1 Å². The van der Waals surface area contributed by atoms with Crippen LogP contribution in [0.1, 0.15) is 6.92 Å². The Hall–Kier alpha value is -4.19. The van der Waals surface area contributed by atoms with Crippen LogP contribution in [0, 0.1) is 0 Å². The molecule has 0 radical (unpaired) electrons. The number of ether oxygens (including phenoxy) is 2. The SMILES string of the molecule is CC(Oc1ccc(-c2ccccc2)cc1)C(=O)Nc1ccc(Oc2ncccn2)cc1. The molecule has 0 saturated heterocycles. The van der Waals surface area contributed by atoms with Crippen molar-refractivity contribution < 1.29 is 14.3 Å². The lowest BCUT2D eigenvalue weighted by Crippen LogP contribution is -2.30. The molecule has 1 heterocycles. The minimum atomic E-state index is -0.656. The smallest absolute Gasteiger partial charge is 0.321 e. The third-order valence-corrected chi connectivity index (χ3v) is 4.52. The van der Waals surface area contributed by atoms with Gasteiger partial charge in [-0.25, -0.2) is 9.97 Å². The van der Waals surface area contributed by atoms with Gasteiger partial charge in [-0.05, 0) is 60.5 Å². The molecule has 1 unspecified atom stereocenters. The van der Waals surface area contributed by atoms with Gasteiger partial charge in [0.05, 0.1) is 0 Å². The highest BCUT2D eigenvalue weighted by Gasteiger charge is 2.15. The average molecular weight is 411 g/mol. The van der Waals surface area contributed by atoms with Crippen molar-refractivity contribution in [3.8, 4) is 28.6 Å². The summed E-state index contributed by atoms with van der Waals surface area (Å²) >= 11 is 0. The van der Waals surface area contributed by atoms with Gasteiger partial charge in [-0.3, -0.25) is 4.79 Å². The van der Waals surface area contributed by atoms with E-state index in [1.165, 1.54) is 0 Å². The predicted molar refractivity (Wildman–Crippen MR) is 119 cm³/mol. The van der Waals surface area contributed by atoms with Gasteiger partial charge in [0.1, 0.15) is 11.5 Å². The Morgan fingerprint density at radius 2 is 1.39 bits per heavy atom. The summed E-state index contributed by atoms with van der Waals surface area (Å²) in [5, 5.41) is 2.84. The molecule has 4 aromatic rings. The second kappa shape index (κ2) is 9.54. The van der Waals surface area contributed by atoms with Crippen molar-refractivity contribution in [1.29, 1.82) is 0 Å². The third-order valence-electron chi connectivity index (χ3n) is 4.52. The number of carbonyl (C=O) groups excluding carboxylic acids is 1. The molecule has 0 fully saturated rings. The molecule has 0 aliphatic heterocycles. The van der Waals surface area contributed by atoms with E-state index in [0.29, 0.717) is 17.2 Å². The Morgan fingerprint density at radius 3 is 2.06 bits per heavy atom. The molecule has 3 aromatic carbocycles. The number of nitrogens with one attached hydrogen (secondary N) is 1. The lowest BCUT2D eigenvalue weighted by atomic mass is 10.1. The second-order valence-electron chi connectivity index (χ2n) is 6.80. The van der Waals surface area contributed by atoms with Crippen LogP contribution in [0.3, 0.4) is 0 Å². The molecule has 6 heteroatoms. The molecular weight excluding hydrogens is 390 g/mol. The molecule has 31 heavy (non-hydrogen) atoms. The van der Waals surface area contributed by atoms with Crippen molar-refractivity contribution in [2.75, 3.05) is 5.32 Å². The Labute approximate surface area is 180 Å². The van der Waals surface area contributed by atoms with Gasteiger partial charge in [-0.2, -0.15) is 0 Å². The molecule has 6 nitrogen and oxygen atoms in total. The highest BCUT2D eigenvalue weighted by Crippen LogP contribution is 2.23. The van der Waals surface area contributed by atoms with Gasteiger partial charge in [0.2, 0.25) is 0 Å². The van der Waals surface area contributed by atoms with Crippen molar-refractivity contribution in [1.82, 2.24) is 9.97 Å². The van der Waals surface area contributed by atoms with E-state index in [1.807, 2.05) is 42.5 Å². The van der Waals surface area contributed by atoms with E-state index in [2.05, 4.69) is 27.4 Å². The normalized spacial score (nSPS) is 11.4. The summed E-state index contributed by atoms with van der Waals surface area (Å²) in [4.78, 5) is 20.5. The topological polar surface area (TPSA) is 73.3 Å². The number of amides is 1. The van der Waals surface area contributed by atoms with Crippen LogP contribution in [0.4, 0.5) is 5.69 Å².